The Morgan fingerprint density at radius 1 is 0.885 bits per heavy atom. The number of carbonyl (C=O) groups excluding carboxylic acids is 1. The molecule has 2 aromatic rings. The van der Waals surface area contributed by atoms with Gasteiger partial charge in [0.1, 0.15) is 0 Å². The fourth-order valence-electron chi connectivity index (χ4n) is 3.98. The molecule has 3 nitrogen and oxygen atoms in total. The summed E-state index contributed by atoms with van der Waals surface area (Å²) in [6, 6.07) is 21.4. The zero-order chi connectivity index (χ0) is 18.2. The highest BCUT2D eigenvalue weighted by Crippen LogP contribution is 2.30. The minimum atomic E-state index is -0.0334. The van der Waals surface area contributed by atoms with Crippen LogP contribution in [0, 0.1) is 11.8 Å². The van der Waals surface area contributed by atoms with Gasteiger partial charge in [0.25, 0.3) is 0 Å². The third-order valence-corrected chi connectivity index (χ3v) is 5.40. The Morgan fingerprint density at radius 2 is 1.38 bits per heavy atom. The van der Waals surface area contributed by atoms with Crippen molar-refractivity contribution in [2.75, 3.05) is 13.7 Å². The largest absolute Gasteiger partial charge is 0.469 e. The number of rotatable bonds is 7. The highest BCUT2D eigenvalue weighted by molar-refractivity contribution is 5.72. The molecule has 0 N–H and O–H groups in total. The first-order chi connectivity index (χ1) is 12.7. The standard InChI is InChI=1S/C23H29NO2/c1-26-23(25)22-14-12-21(13-15-22)18-24(16-19-8-4-2-5-9-19)17-20-10-6-3-7-11-20/h2-11,21-22H,12-18H2,1H3. The topological polar surface area (TPSA) is 29.5 Å². The van der Waals surface area contributed by atoms with Gasteiger partial charge in [-0.05, 0) is 42.7 Å². The molecule has 3 heteroatoms. The molecule has 0 saturated heterocycles. The van der Waals surface area contributed by atoms with Gasteiger partial charge in [-0.3, -0.25) is 9.69 Å². The lowest BCUT2D eigenvalue weighted by Gasteiger charge is -2.32. The Balaban J connectivity index is 1.61. The van der Waals surface area contributed by atoms with Crippen LogP contribution in [0.2, 0.25) is 0 Å². The van der Waals surface area contributed by atoms with Crippen LogP contribution in [0.1, 0.15) is 36.8 Å². The molecule has 0 heterocycles. The molecule has 3 rings (SSSR count). The van der Waals surface area contributed by atoms with Gasteiger partial charge in [-0.15, -0.1) is 0 Å². The number of hydrogen-bond donors (Lipinski definition) is 0. The van der Waals surface area contributed by atoms with Crippen LogP contribution >= 0.6 is 0 Å². The molecule has 0 amide bonds. The Bertz CT molecular complexity index is 622. The normalized spacial score (nSPS) is 20.1. The maximum Gasteiger partial charge on any atom is 0.308 e. The Morgan fingerprint density at radius 3 is 1.85 bits per heavy atom. The van der Waals surface area contributed by atoms with Crippen LogP contribution in [0.25, 0.3) is 0 Å². The van der Waals surface area contributed by atoms with Crippen LogP contribution in [0.3, 0.4) is 0 Å². The van der Waals surface area contributed by atoms with Crippen molar-refractivity contribution in [1.29, 1.82) is 0 Å². The Hall–Kier alpha value is -2.13. The fourth-order valence-corrected chi connectivity index (χ4v) is 3.98. The molecule has 1 aliphatic carbocycles. The van der Waals surface area contributed by atoms with E-state index >= 15 is 0 Å². The second-order valence-corrected chi connectivity index (χ2v) is 7.38. The number of ether oxygens (including phenoxy) is 1. The van der Waals surface area contributed by atoms with Gasteiger partial charge in [0.05, 0.1) is 13.0 Å². The summed E-state index contributed by atoms with van der Waals surface area (Å²) in [6.45, 7) is 3.01. The maximum atomic E-state index is 11.7. The summed E-state index contributed by atoms with van der Waals surface area (Å²) in [6.07, 6.45) is 4.14. The van der Waals surface area contributed by atoms with Crippen LogP contribution in [0.15, 0.2) is 60.7 Å². The lowest BCUT2D eigenvalue weighted by atomic mass is 9.81. The average molecular weight is 351 g/mol. The van der Waals surface area contributed by atoms with Gasteiger partial charge >= 0.3 is 5.97 Å². The van der Waals surface area contributed by atoms with E-state index in [1.165, 1.54) is 18.2 Å². The molecule has 1 fully saturated rings. The van der Waals surface area contributed by atoms with Crippen molar-refractivity contribution in [2.45, 2.75) is 38.8 Å². The molecule has 0 bridgehead atoms. The van der Waals surface area contributed by atoms with E-state index in [2.05, 4.69) is 65.6 Å². The second-order valence-electron chi connectivity index (χ2n) is 7.38. The molecule has 0 radical (unpaired) electrons. The van der Waals surface area contributed by atoms with E-state index in [0.717, 1.165) is 45.3 Å². The molecular formula is C23H29NO2. The van der Waals surface area contributed by atoms with Gasteiger partial charge in [0.2, 0.25) is 0 Å². The summed E-state index contributed by atoms with van der Waals surface area (Å²) in [5.74, 6) is 0.727. The number of esters is 1. The van der Waals surface area contributed by atoms with Gasteiger partial charge in [-0.2, -0.15) is 0 Å². The maximum absolute atomic E-state index is 11.7. The summed E-state index contributed by atoms with van der Waals surface area (Å²) in [5, 5.41) is 0. The molecule has 0 aliphatic heterocycles. The first-order valence-corrected chi connectivity index (χ1v) is 9.62. The van der Waals surface area contributed by atoms with E-state index in [9.17, 15) is 4.79 Å². The van der Waals surface area contributed by atoms with Crippen LogP contribution in [-0.2, 0) is 22.6 Å². The fraction of sp³-hybridized carbons (Fsp3) is 0.435. The molecule has 0 unspecified atom stereocenters. The van der Waals surface area contributed by atoms with Gasteiger partial charge in [0.15, 0.2) is 0 Å². The van der Waals surface area contributed by atoms with E-state index in [-0.39, 0.29) is 11.9 Å². The predicted octanol–water partition coefficient (Wildman–Crippen LogP) is 4.67. The second kappa shape index (κ2) is 9.54. The van der Waals surface area contributed by atoms with Crippen molar-refractivity contribution in [1.82, 2.24) is 4.90 Å². The van der Waals surface area contributed by atoms with E-state index in [1.54, 1.807) is 0 Å². The van der Waals surface area contributed by atoms with Crippen molar-refractivity contribution >= 4 is 5.97 Å². The summed E-state index contributed by atoms with van der Waals surface area (Å²) in [5.41, 5.74) is 2.71. The minimum Gasteiger partial charge on any atom is -0.469 e. The molecule has 26 heavy (non-hydrogen) atoms. The minimum absolute atomic E-state index is 0.0334. The summed E-state index contributed by atoms with van der Waals surface area (Å²) in [7, 11) is 1.50. The van der Waals surface area contributed by atoms with Crippen molar-refractivity contribution in [3.05, 3.63) is 71.8 Å². The number of methoxy groups -OCH3 is 1. The smallest absolute Gasteiger partial charge is 0.308 e. The van der Waals surface area contributed by atoms with Crippen LogP contribution in [-0.4, -0.2) is 24.5 Å². The lowest BCUT2D eigenvalue weighted by Crippen LogP contribution is -2.32. The highest BCUT2D eigenvalue weighted by Gasteiger charge is 2.27. The molecule has 1 aliphatic rings. The predicted molar refractivity (Wildman–Crippen MR) is 104 cm³/mol. The average Bonchev–Trinajstić information content (AvgIpc) is 2.69. The molecule has 1 saturated carbocycles. The van der Waals surface area contributed by atoms with Gasteiger partial charge in [-0.25, -0.2) is 0 Å². The van der Waals surface area contributed by atoms with Gasteiger partial charge in [-0.1, -0.05) is 60.7 Å². The monoisotopic (exact) mass is 351 g/mol. The van der Waals surface area contributed by atoms with Gasteiger partial charge in [0, 0.05) is 19.6 Å². The number of carbonyl (C=O) groups is 1. The Kier molecular flexibility index (Phi) is 6.84. The summed E-state index contributed by atoms with van der Waals surface area (Å²) in [4.78, 5) is 14.3. The number of nitrogens with zero attached hydrogens (tertiary/aromatic N) is 1. The van der Waals surface area contributed by atoms with E-state index < -0.39 is 0 Å². The molecular weight excluding hydrogens is 322 g/mol. The molecule has 0 atom stereocenters. The zero-order valence-electron chi connectivity index (χ0n) is 15.6. The molecule has 138 valence electrons. The van der Waals surface area contributed by atoms with Crippen molar-refractivity contribution in [2.24, 2.45) is 11.8 Å². The van der Waals surface area contributed by atoms with E-state index in [4.69, 9.17) is 4.74 Å². The molecule has 0 spiro atoms. The van der Waals surface area contributed by atoms with E-state index in [0.29, 0.717) is 5.92 Å². The Labute approximate surface area is 157 Å². The first kappa shape index (κ1) is 18.7. The quantitative estimate of drug-likeness (QED) is 0.679. The van der Waals surface area contributed by atoms with Crippen molar-refractivity contribution in [3.63, 3.8) is 0 Å². The molecule has 2 aromatic carbocycles. The van der Waals surface area contributed by atoms with E-state index in [1.807, 2.05) is 0 Å². The summed E-state index contributed by atoms with van der Waals surface area (Å²) < 4.78 is 4.91. The molecule has 0 aromatic heterocycles. The van der Waals surface area contributed by atoms with Crippen molar-refractivity contribution in [3.8, 4) is 0 Å². The number of hydrogen-bond acceptors (Lipinski definition) is 3. The lowest BCUT2D eigenvalue weighted by molar-refractivity contribution is -0.146. The van der Waals surface area contributed by atoms with Gasteiger partial charge < -0.3 is 4.74 Å². The third kappa shape index (κ3) is 5.43. The summed E-state index contributed by atoms with van der Waals surface area (Å²) >= 11 is 0. The van der Waals surface area contributed by atoms with Crippen LogP contribution in [0.5, 0.6) is 0 Å². The van der Waals surface area contributed by atoms with Crippen molar-refractivity contribution < 1.29 is 9.53 Å². The van der Waals surface area contributed by atoms with Crippen LogP contribution < -0.4 is 0 Å². The highest BCUT2D eigenvalue weighted by atomic mass is 16.5. The first-order valence-electron chi connectivity index (χ1n) is 9.62. The third-order valence-electron chi connectivity index (χ3n) is 5.40. The van der Waals surface area contributed by atoms with Crippen LogP contribution in [0.4, 0.5) is 0 Å². The SMILES string of the molecule is COC(=O)C1CCC(CN(Cc2ccccc2)Cc2ccccc2)CC1. The number of benzene rings is 2. The zero-order valence-corrected chi connectivity index (χ0v) is 15.6.